The molecule has 1 N–H and O–H groups in total. The molecule has 2 rings (SSSR count). The number of fused-ring (bicyclic) bond motifs is 1. The summed E-state index contributed by atoms with van der Waals surface area (Å²) in [7, 11) is 0. The van der Waals surface area contributed by atoms with Crippen LogP contribution in [0.5, 0.6) is 0 Å². The molecule has 0 bridgehead atoms. The molecule has 0 spiro atoms. The Hall–Kier alpha value is -2.02. The second-order valence-corrected chi connectivity index (χ2v) is 3.99. The van der Waals surface area contributed by atoms with E-state index in [0.29, 0.717) is 4.70 Å². The van der Waals surface area contributed by atoms with Gasteiger partial charge in [0.15, 0.2) is 5.52 Å². The standard InChI is InChI=1S/C9H6N2O4S/c12-7(13)3-5-1-2-6-8(10-4-16-6)9(5)11(14)15/h1-2,4H,3H2,(H,12,13). The highest BCUT2D eigenvalue weighted by atomic mass is 32.1. The maximum atomic E-state index is 10.9. The molecule has 6 nitrogen and oxygen atoms in total. The number of nitrogens with zero attached hydrogens (tertiary/aromatic N) is 2. The minimum Gasteiger partial charge on any atom is -0.481 e. The summed E-state index contributed by atoms with van der Waals surface area (Å²) in [6.45, 7) is 0. The van der Waals surface area contributed by atoms with Crippen LogP contribution in [-0.2, 0) is 11.2 Å². The summed E-state index contributed by atoms with van der Waals surface area (Å²) < 4.78 is 0.681. The third-order valence-corrected chi connectivity index (χ3v) is 2.88. The average molecular weight is 238 g/mol. The van der Waals surface area contributed by atoms with Gasteiger partial charge in [-0.15, -0.1) is 11.3 Å². The number of rotatable bonds is 3. The van der Waals surface area contributed by atoms with E-state index in [1.165, 1.54) is 22.9 Å². The Bertz CT molecular complexity index is 578. The minimum atomic E-state index is -1.10. The van der Waals surface area contributed by atoms with E-state index in [1.807, 2.05) is 0 Å². The number of thiazole rings is 1. The van der Waals surface area contributed by atoms with Gasteiger partial charge in [-0.05, 0) is 6.07 Å². The molecule has 1 aromatic carbocycles. The molecule has 0 saturated heterocycles. The van der Waals surface area contributed by atoms with E-state index < -0.39 is 10.9 Å². The van der Waals surface area contributed by atoms with Crippen molar-refractivity contribution in [3.8, 4) is 0 Å². The quantitative estimate of drug-likeness (QED) is 0.650. The maximum absolute atomic E-state index is 10.9. The Balaban J connectivity index is 2.68. The van der Waals surface area contributed by atoms with E-state index in [1.54, 1.807) is 6.07 Å². The van der Waals surface area contributed by atoms with Crippen molar-refractivity contribution in [1.29, 1.82) is 0 Å². The molecule has 16 heavy (non-hydrogen) atoms. The van der Waals surface area contributed by atoms with Crippen molar-refractivity contribution < 1.29 is 14.8 Å². The summed E-state index contributed by atoms with van der Waals surface area (Å²) in [5.41, 5.74) is 1.73. The molecule has 0 radical (unpaired) electrons. The van der Waals surface area contributed by atoms with Crippen molar-refractivity contribution in [3.63, 3.8) is 0 Å². The number of aliphatic carboxylic acids is 1. The fourth-order valence-corrected chi connectivity index (χ4v) is 2.15. The first kappa shape index (κ1) is 10.5. The number of carboxylic acids is 1. The number of carboxylic acid groups (broad SMARTS) is 1. The topological polar surface area (TPSA) is 93.3 Å². The maximum Gasteiger partial charge on any atom is 0.308 e. The predicted molar refractivity (Wildman–Crippen MR) is 57.6 cm³/mol. The van der Waals surface area contributed by atoms with Gasteiger partial charge in [0, 0.05) is 5.56 Å². The zero-order valence-corrected chi connectivity index (χ0v) is 8.73. The summed E-state index contributed by atoms with van der Waals surface area (Å²) >= 11 is 1.28. The smallest absolute Gasteiger partial charge is 0.308 e. The van der Waals surface area contributed by atoms with Gasteiger partial charge >= 0.3 is 5.97 Å². The molecule has 0 atom stereocenters. The molecule has 0 saturated carbocycles. The minimum absolute atomic E-state index is 0.177. The lowest BCUT2D eigenvalue weighted by Crippen LogP contribution is -2.04. The van der Waals surface area contributed by atoms with Crippen molar-refractivity contribution in [2.75, 3.05) is 0 Å². The Morgan fingerprint density at radius 3 is 2.94 bits per heavy atom. The molecule has 0 amide bonds. The van der Waals surface area contributed by atoms with Gasteiger partial charge in [-0.2, -0.15) is 0 Å². The molecular weight excluding hydrogens is 232 g/mol. The SMILES string of the molecule is O=C(O)Cc1ccc2scnc2c1[N+](=O)[O-]. The largest absolute Gasteiger partial charge is 0.481 e. The highest BCUT2D eigenvalue weighted by Gasteiger charge is 2.21. The van der Waals surface area contributed by atoms with Gasteiger partial charge in [-0.3, -0.25) is 14.9 Å². The molecule has 2 aromatic rings. The van der Waals surface area contributed by atoms with Crippen LogP contribution in [0.15, 0.2) is 17.6 Å². The molecule has 0 aliphatic heterocycles. The third kappa shape index (κ3) is 1.72. The molecule has 0 aliphatic rings. The molecule has 1 heterocycles. The third-order valence-electron chi connectivity index (χ3n) is 2.08. The second-order valence-electron chi connectivity index (χ2n) is 3.10. The first-order chi connectivity index (χ1) is 7.59. The monoisotopic (exact) mass is 238 g/mol. The zero-order valence-electron chi connectivity index (χ0n) is 7.91. The summed E-state index contributed by atoms with van der Waals surface area (Å²) in [6, 6.07) is 3.12. The highest BCUT2D eigenvalue weighted by Crippen LogP contribution is 2.30. The first-order valence-corrected chi connectivity index (χ1v) is 5.19. The lowest BCUT2D eigenvalue weighted by molar-refractivity contribution is -0.383. The van der Waals surface area contributed by atoms with Crippen LogP contribution in [0.1, 0.15) is 5.56 Å². The summed E-state index contributed by atoms with van der Waals surface area (Å²) in [5.74, 6) is -1.10. The average Bonchev–Trinajstić information content (AvgIpc) is 2.63. The predicted octanol–water partition coefficient (Wildman–Crippen LogP) is 1.83. The Morgan fingerprint density at radius 1 is 1.56 bits per heavy atom. The summed E-state index contributed by atoms with van der Waals surface area (Å²) in [4.78, 5) is 24.8. The number of nitro groups is 1. The van der Waals surface area contributed by atoms with Gasteiger partial charge in [0.05, 0.1) is 21.6 Å². The lowest BCUT2D eigenvalue weighted by Gasteiger charge is -2.00. The molecule has 0 unspecified atom stereocenters. The van der Waals surface area contributed by atoms with Crippen LogP contribution in [0.4, 0.5) is 5.69 Å². The van der Waals surface area contributed by atoms with Crippen molar-refractivity contribution >= 4 is 33.2 Å². The van der Waals surface area contributed by atoms with Gasteiger partial charge in [-0.1, -0.05) is 6.07 Å². The first-order valence-electron chi connectivity index (χ1n) is 4.31. The van der Waals surface area contributed by atoms with Crippen LogP contribution in [0.25, 0.3) is 10.2 Å². The summed E-state index contributed by atoms with van der Waals surface area (Å²) in [5, 5.41) is 19.5. The fourth-order valence-electron chi connectivity index (χ4n) is 1.47. The molecule has 7 heteroatoms. The number of aromatic nitrogens is 1. The van der Waals surface area contributed by atoms with Gasteiger partial charge in [-0.25, -0.2) is 4.98 Å². The van der Waals surface area contributed by atoms with E-state index in [2.05, 4.69) is 4.98 Å². The van der Waals surface area contributed by atoms with E-state index in [4.69, 9.17) is 5.11 Å². The number of hydrogen-bond acceptors (Lipinski definition) is 5. The van der Waals surface area contributed by atoms with Crippen LogP contribution in [0.3, 0.4) is 0 Å². The zero-order chi connectivity index (χ0) is 11.7. The van der Waals surface area contributed by atoms with E-state index in [0.717, 1.165) is 0 Å². The number of hydrogen-bond donors (Lipinski definition) is 1. The molecule has 82 valence electrons. The van der Waals surface area contributed by atoms with E-state index in [9.17, 15) is 14.9 Å². The highest BCUT2D eigenvalue weighted by molar-refractivity contribution is 7.16. The fraction of sp³-hybridized carbons (Fsp3) is 0.111. The summed E-state index contributed by atoms with van der Waals surface area (Å²) in [6.07, 6.45) is -0.371. The van der Waals surface area contributed by atoms with Crippen molar-refractivity contribution in [1.82, 2.24) is 4.98 Å². The number of benzene rings is 1. The van der Waals surface area contributed by atoms with Gasteiger partial charge in [0.1, 0.15) is 0 Å². The second kappa shape index (κ2) is 3.86. The van der Waals surface area contributed by atoms with Crippen LogP contribution in [-0.4, -0.2) is 21.0 Å². The van der Waals surface area contributed by atoms with Crippen molar-refractivity contribution in [2.45, 2.75) is 6.42 Å². The van der Waals surface area contributed by atoms with Crippen LogP contribution < -0.4 is 0 Å². The molecular formula is C9H6N2O4S. The molecule has 0 aliphatic carbocycles. The van der Waals surface area contributed by atoms with Gasteiger partial charge in [0.25, 0.3) is 5.69 Å². The normalized spacial score (nSPS) is 10.5. The lowest BCUT2D eigenvalue weighted by atomic mass is 10.1. The van der Waals surface area contributed by atoms with Crippen LogP contribution in [0, 0.1) is 10.1 Å². The van der Waals surface area contributed by atoms with E-state index in [-0.39, 0.29) is 23.2 Å². The van der Waals surface area contributed by atoms with Crippen LogP contribution in [0.2, 0.25) is 0 Å². The van der Waals surface area contributed by atoms with E-state index >= 15 is 0 Å². The number of carbonyl (C=O) groups is 1. The Morgan fingerprint density at radius 2 is 2.31 bits per heavy atom. The van der Waals surface area contributed by atoms with Crippen molar-refractivity contribution in [2.24, 2.45) is 0 Å². The van der Waals surface area contributed by atoms with Gasteiger partial charge < -0.3 is 5.11 Å². The number of nitro benzene ring substituents is 1. The van der Waals surface area contributed by atoms with Gasteiger partial charge in [0.2, 0.25) is 0 Å². The van der Waals surface area contributed by atoms with Crippen molar-refractivity contribution in [3.05, 3.63) is 33.3 Å². The Labute approximate surface area is 93.3 Å². The molecule has 0 fully saturated rings. The molecule has 1 aromatic heterocycles. The Kier molecular flexibility index (Phi) is 2.53. The van der Waals surface area contributed by atoms with Crippen LogP contribution >= 0.6 is 11.3 Å².